The summed E-state index contributed by atoms with van der Waals surface area (Å²) in [6, 6.07) is 0. The Kier molecular flexibility index (Phi) is 4.52. The molecule has 3 nitrogen and oxygen atoms in total. The lowest BCUT2D eigenvalue weighted by Crippen LogP contribution is -2.17. The maximum atomic E-state index is 6.09. The second kappa shape index (κ2) is 5.50. The summed E-state index contributed by atoms with van der Waals surface area (Å²) in [4.78, 5) is 8.71. The molecule has 0 radical (unpaired) electrons. The maximum Gasteiger partial charge on any atom is 0.221 e. The van der Waals surface area contributed by atoms with Crippen LogP contribution in [-0.4, -0.2) is 16.6 Å². The molecular formula is C13H19ClN2O. The molecule has 4 heteroatoms. The largest absolute Gasteiger partial charge is 0.477 e. The van der Waals surface area contributed by atoms with E-state index in [0.29, 0.717) is 23.5 Å². The van der Waals surface area contributed by atoms with Crippen LogP contribution in [0.2, 0.25) is 5.15 Å². The maximum absolute atomic E-state index is 6.09. The summed E-state index contributed by atoms with van der Waals surface area (Å²) in [5.74, 6) is 1.26. The fraction of sp³-hybridized carbons (Fsp3) is 0.538. The molecule has 1 heterocycles. The molecule has 94 valence electrons. The summed E-state index contributed by atoms with van der Waals surface area (Å²) in [6.45, 7) is 12.2. The van der Waals surface area contributed by atoms with Gasteiger partial charge in [0.2, 0.25) is 5.88 Å². The van der Waals surface area contributed by atoms with E-state index in [0.717, 1.165) is 12.0 Å². The number of hydrogen-bond acceptors (Lipinski definition) is 3. The molecule has 0 saturated heterocycles. The molecule has 0 atom stereocenters. The molecule has 0 spiro atoms. The summed E-state index contributed by atoms with van der Waals surface area (Å²) in [6.07, 6.45) is 2.59. The third-order valence-electron chi connectivity index (χ3n) is 2.27. The van der Waals surface area contributed by atoms with E-state index in [-0.39, 0.29) is 5.41 Å². The lowest BCUT2D eigenvalue weighted by Gasteiger charge is -2.18. The molecule has 0 bridgehead atoms. The van der Waals surface area contributed by atoms with Gasteiger partial charge in [0.25, 0.3) is 0 Å². The quantitative estimate of drug-likeness (QED) is 0.467. The van der Waals surface area contributed by atoms with Crippen molar-refractivity contribution in [1.82, 2.24) is 9.97 Å². The van der Waals surface area contributed by atoms with E-state index in [1.54, 1.807) is 0 Å². The zero-order valence-electron chi connectivity index (χ0n) is 10.9. The molecule has 1 aromatic heterocycles. The topological polar surface area (TPSA) is 35.0 Å². The molecule has 0 unspecified atom stereocenters. The van der Waals surface area contributed by atoms with Gasteiger partial charge in [-0.2, -0.15) is 4.98 Å². The Morgan fingerprint density at radius 1 is 1.35 bits per heavy atom. The lowest BCUT2D eigenvalue weighted by molar-refractivity contribution is 0.305. The minimum Gasteiger partial charge on any atom is -0.477 e. The highest BCUT2D eigenvalue weighted by atomic mass is 35.5. The van der Waals surface area contributed by atoms with Crippen molar-refractivity contribution in [2.24, 2.45) is 0 Å². The number of hydrogen-bond donors (Lipinski definition) is 0. The molecule has 0 saturated carbocycles. The molecule has 0 aromatic carbocycles. The van der Waals surface area contributed by atoms with Crippen molar-refractivity contribution in [1.29, 1.82) is 0 Å². The highest BCUT2D eigenvalue weighted by Crippen LogP contribution is 2.27. The smallest absolute Gasteiger partial charge is 0.221 e. The predicted molar refractivity (Wildman–Crippen MR) is 70.8 cm³/mol. The standard InChI is InChI=1S/C13H19ClN2O/c1-6-7-8-17-11-9(2)10(14)15-12(16-11)13(3,4)5/h6H,1,7-8H2,2-5H3. The highest BCUT2D eigenvalue weighted by Gasteiger charge is 2.21. The van der Waals surface area contributed by atoms with E-state index in [2.05, 4.69) is 16.5 Å². The van der Waals surface area contributed by atoms with Crippen molar-refractivity contribution in [2.75, 3.05) is 6.61 Å². The molecule has 0 aliphatic heterocycles. The first-order chi connectivity index (χ1) is 7.86. The van der Waals surface area contributed by atoms with Crippen LogP contribution >= 0.6 is 11.6 Å². The Morgan fingerprint density at radius 3 is 2.53 bits per heavy atom. The zero-order valence-corrected chi connectivity index (χ0v) is 11.6. The van der Waals surface area contributed by atoms with Crippen LogP contribution in [0.25, 0.3) is 0 Å². The SMILES string of the molecule is C=CCCOc1nc(C(C)(C)C)nc(Cl)c1C. The fourth-order valence-electron chi connectivity index (χ4n) is 1.18. The van der Waals surface area contributed by atoms with Crippen molar-refractivity contribution in [3.63, 3.8) is 0 Å². The monoisotopic (exact) mass is 254 g/mol. The van der Waals surface area contributed by atoms with E-state index in [1.165, 1.54) is 0 Å². The minimum atomic E-state index is -0.145. The van der Waals surface area contributed by atoms with Gasteiger partial charge in [0, 0.05) is 11.0 Å². The lowest BCUT2D eigenvalue weighted by atomic mass is 9.96. The Labute approximate surface area is 108 Å². The van der Waals surface area contributed by atoms with Crippen LogP contribution in [0.5, 0.6) is 5.88 Å². The fourth-order valence-corrected chi connectivity index (χ4v) is 1.35. The average Bonchev–Trinajstić information content (AvgIpc) is 2.22. The Balaban J connectivity index is 3.03. The van der Waals surface area contributed by atoms with Crippen molar-refractivity contribution >= 4 is 11.6 Å². The van der Waals surface area contributed by atoms with E-state index in [1.807, 2.05) is 33.8 Å². The summed E-state index contributed by atoms with van der Waals surface area (Å²) < 4.78 is 5.59. The highest BCUT2D eigenvalue weighted by molar-refractivity contribution is 6.30. The van der Waals surface area contributed by atoms with Gasteiger partial charge < -0.3 is 4.74 Å². The van der Waals surface area contributed by atoms with Gasteiger partial charge in [0.05, 0.1) is 6.61 Å². The number of nitrogens with zero attached hydrogens (tertiary/aromatic N) is 2. The molecule has 17 heavy (non-hydrogen) atoms. The molecule has 0 aliphatic carbocycles. The van der Waals surface area contributed by atoms with Gasteiger partial charge in [-0.25, -0.2) is 4.98 Å². The van der Waals surface area contributed by atoms with E-state index >= 15 is 0 Å². The van der Waals surface area contributed by atoms with Gasteiger partial charge in [-0.1, -0.05) is 38.4 Å². The van der Waals surface area contributed by atoms with Crippen LogP contribution in [0.1, 0.15) is 38.6 Å². The van der Waals surface area contributed by atoms with Crippen LogP contribution in [0.4, 0.5) is 0 Å². The van der Waals surface area contributed by atoms with Crippen LogP contribution in [0.3, 0.4) is 0 Å². The van der Waals surface area contributed by atoms with Crippen molar-refractivity contribution in [3.05, 3.63) is 29.2 Å². The van der Waals surface area contributed by atoms with Crippen LogP contribution in [0.15, 0.2) is 12.7 Å². The second-order valence-corrected chi connectivity index (χ2v) is 5.30. The van der Waals surface area contributed by atoms with Crippen LogP contribution < -0.4 is 4.74 Å². The van der Waals surface area contributed by atoms with Crippen LogP contribution in [0, 0.1) is 6.92 Å². The summed E-state index contributed by atoms with van der Waals surface area (Å²) in [5, 5.41) is 0.457. The first-order valence-electron chi connectivity index (χ1n) is 5.64. The Bertz CT molecular complexity index is 411. The predicted octanol–water partition coefficient (Wildman–Crippen LogP) is 3.69. The molecular weight excluding hydrogens is 236 g/mol. The van der Waals surface area contributed by atoms with Crippen molar-refractivity contribution < 1.29 is 4.74 Å². The summed E-state index contributed by atoms with van der Waals surface area (Å²) in [7, 11) is 0. The second-order valence-electron chi connectivity index (χ2n) is 4.94. The Morgan fingerprint density at radius 2 is 2.00 bits per heavy atom. The third kappa shape index (κ3) is 3.70. The average molecular weight is 255 g/mol. The molecule has 0 aliphatic rings. The third-order valence-corrected chi connectivity index (χ3v) is 2.64. The van der Waals surface area contributed by atoms with Gasteiger partial charge in [0.15, 0.2) is 0 Å². The van der Waals surface area contributed by atoms with Crippen molar-refractivity contribution in [2.45, 2.75) is 39.5 Å². The van der Waals surface area contributed by atoms with Crippen molar-refractivity contribution in [3.8, 4) is 5.88 Å². The van der Waals surface area contributed by atoms with Crippen LogP contribution in [-0.2, 0) is 5.41 Å². The number of ether oxygens (including phenoxy) is 1. The summed E-state index contributed by atoms with van der Waals surface area (Å²) >= 11 is 6.09. The molecule has 0 amide bonds. The van der Waals surface area contributed by atoms with Gasteiger partial charge in [-0.15, -0.1) is 6.58 Å². The molecule has 0 fully saturated rings. The minimum absolute atomic E-state index is 0.145. The van der Waals surface area contributed by atoms with E-state index in [9.17, 15) is 0 Å². The molecule has 0 N–H and O–H groups in total. The molecule has 1 aromatic rings. The van der Waals surface area contributed by atoms with Gasteiger partial charge in [-0.05, 0) is 13.3 Å². The first kappa shape index (κ1) is 14.0. The van der Waals surface area contributed by atoms with E-state index in [4.69, 9.17) is 16.3 Å². The number of halogens is 1. The summed E-state index contributed by atoms with van der Waals surface area (Å²) in [5.41, 5.74) is 0.636. The number of aromatic nitrogens is 2. The zero-order chi connectivity index (χ0) is 13.1. The van der Waals surface area contributed by atoms with Gasteiger partial charge in [0.1, 0.15) is 11.0 Å². The van der Waals surface area contributed by atoms with Gasteiger partial charge in [-0.3, -0.25) is 0 Å². The Hall–Kier alpha value is -1.09. The van der Waals surface area contributed by atoms with E-state index < -0.39 is 0 Å². The normalized spacial score (nSPS) is 11.4. The molecule has 1 rings (SSSR count). The van der Waals surface area contributed by atoms with Gasteiger partial charge >= 0.3 is 0 Å². The number of rotatable bonds is 4. The first-order valence-corrected chi connectivity index (χ1v) is 6.02.